The zero-order valence-corrected chi connectivity index (χ0v) is 7.51. The average Bonchev–Trinajstić information content (AvgIpc) is 2.43. The zero-order valence-electron chi connectivity index (χ0n) is 7.51. The summed E-state index contributed by atoms with van der Waals surface area (Å²) in [4.78, 5) is 2.47. The topological polar surface area (TPSA) is 15.3 Å². The van der Waals surface area contributed by atoms with Crippen LogP contribution in [0, 0.1) is 11.8 Å². The van der Waals surface area contributed by atoms with Crippen LogP contribution in [0.4, 0.5) is 0 Å². The summed E-state index contributed by atoms with van der Waals surface area (Å²) in [5.41, 5.74) is 0. The molecule has 0 aromatic carbocycles. The Balaban J connectivity index is 1.93. The van der Waals surface area contributed by atoms with E-state index in [1.807, 2.05) is 0 Å². The van der Waals surface area contributed by atoms with E-state index < -0.39 is 0 Å². The molecule has 1 unspecified atom stereocenters. The number of rotatable bonds is 1. The van der Waals surface area contributed by atoms with E-state index in [1.54, 1.807) is 0 Å². The van der Waals surface area contributed by atoms with Crippen LogP contribution in [0.2, 0.25) is 0 Å². The first-order chi connectivity index (χ1) is 5.29. The Morgan fingerprint density at radius 1 is 1.18 bits per heavy atom. The van der Waals surface area contributed by atoms with Gasteiger partial charge in [0.1, 0.15) is 0 Å². The van der Waals surface area contributed by atoms with Gasteiger partial charge in [0.15, 0.2) is 0 Å². The van der Waals surface area contributed by atoms with E-state index in [0.717, 1.165) is 17.9 Å². The van der Waals surface area contributed by atoms with Crippen molar-refractivity contribution in [3.05, 3.63) is 0 Å². The Morgan fingerprint density at radius 2 is 1.73 bits per heavy atom. The lowest BCUT2D eigenvalue weighted by molar-refractivity contribution is 0.363. The lowest BCUT2D eigenvalue weighted by atomic mass is 10.0. The van der Waals surface area contributed by atoms with E-state index in [4.69, 9.17) is 0 Å². The minimum atomic E-state index is 0.818. The highest BCUT2D eigenvalue weighted by Gasteiger charge is 2.38. The second-order valence-electron chi connectivity index (χ2n) is 4.20. The molecule has 0 bridgehead atoms. The number of hydrogen-bond acceptors (Lipinski definition) is 2. The van der Waals surface area contributed by atoms with E-state index in [2.05, 4.69) is 24.3 Å². The van der Waals surface area contributed by atoms with Gasteiger partial charge in [0.25, 0.3) is 0 Å². The molecule has 0 spiro atoms. The molecule has 64 valence electrons. The lowest BCUT2D eigenvalue weighted by Crippen LogP contribution is -2.25. The molecule has 1 aliphatic carbocycles. The van der Waals surface area contributed by atoms with Gasteiger partial charge in [-0.25, -0.2) is 0 Å². The number of likely N-dealkylation sites (tertiary alicyclic amines) is 1. The molecular weight excluding hydrogens is 136 g/mol. The average molecular weight is 154 g/mol. The van der Waals surface area contributed by atoms with Crippen LogP contribution < -0.4 is 5.32 Å². The normalized spacial score (nSPS) is 44.7. The van der Waals surface area contributed by atoms with Gasteiger partial charge >= 0.3 is 0 Å². The van der Waals surface area contributed by atoms with Crippen LogP contribution in [0.25, 0.3) is 0 Å². The second-order valence-corrected chi connectivity index (χ2v) is 4.20. The van der Waals surface area contributed by atoms with Crippen molar-refractivity contribution in [1.29, 1.82) is 0 Å². The van der Waals surface area contributed by atoms with Crippen LogP contribution >= 0.6 is 0 Å². The van der Waals surface area contributed by atoms with Crippen molar-refractivity contribution in [1.82, 2.24) is 10.2 Å². The summed E-state index contributed by atoms with van der Waals surface area (Å²) in [6.07, 6.45) is 2.82. The molecule has 0 amide bonds. The molecule has 11 heavy (non-hydrogen) atoms. The smallest absolute Gasteiger partial charge is 0.00705 e. The third-order valence-corrected chi connectivity index (χ3v) is 3.34. The lowest BCUT2D eigenvalue weighted by Gasteiger charge is -2.12. The third-order valence-electron chi connectivity index (χ3n) is 3.34. The first-order valence-corrected chi connectivity index (χ1v) is 4.65. The van der Waals surface area contributed by atoms with Gasteiger partial charge < -0.3 is 10.2 Å². The Morgan fingerprint density at radius 3 is 2.18 bits per heavy atom. The Bertz CT molecular complexity index is 132. The summed E-state index contributed by atoms with van der Waals surface area (Å²) in [5.74, 6) is 2.00. The maximum Gasteiger partial charge on any atom is 0.00705 e. The van der Waals surface area contributed by atoms with Gasteiger partial charge in [-0.05, 0) is 38.8 Å². The Kier molecular flexibility index (Phi) is 1.90. The van der Waals surface area contributed by atoms with Gasteiger partial charge in [0.05, 0.1) is 0 Å². The fourth-order valence-corrected chi connectivity index (χ4v) is 2.77. The molecule has 1 aliphatic heterocycles. The third kappa shape index (κ3) is 1.30. The molecule has 0 aromatic heterocycles. The minimum absolute atomic E-state index is 0.818. The van der Waals surface area contributed by atoms with Crippen molar-refractivity contribution < 1.29 is 0 Å². The van der Waals surface area contributed by atoms with Crippen LogP contribution in [-0.2, 0) is 0 Å². The van der Waals surface area contributed by atoms with Crippen LogP contribution in [0.5, 0.6) is 0 Å². The van der Waals surface area contributed by atoms with Crippen molar-refractivity contribution in [3.8, 4) is 0 Å². The largest absolute Gasteiger partial charge is 0.317 e. The minimum Gasteiger partial charge on any atom is -0.317 e. The first kappa shape index (κ1) is 7.56. The van der Waals surface area contributed by atoms with Gasteiger partial charge in [0.2, 0.25) is 0 Å². The van der Waals surface area contributed by atoms with Gasteiger partial charge in [-0.15, -0.1) is 0 Å². The fraction of sp³-hybridized carbons (Fsp3) is 1.00. The molecule has 3 atom stereocenters. The van der Waals surface area contributed by atoms with Crippen LogP contribution in [-0.4, -0.2) is 38.1 Å². The molecule has 2 heteroatoms. The van der Waals surface area contributed by atoms with E-state index in [-0.39, 0.29) is 0 Å². The number of nitrogens with one attached hydrogen (secondary N) is 1. The standard InChI is InChI=1S/C9H18N2/c1-10-9-3-7-5-11(2)6-8(7)4-9/h7-10H,3-6H2,1-2H3/t7-,8+,9?. The van der Waals surface area contributed by atoms with E-state index in [0.29, 0.717) is 0 Å². The molecule has 0 aromatic rings. The summed E-state index contributed by atoms with van der Waals surface area (Å²) in [6.45, 7) is 2.67. The van der Waals surface area contributed by atoms with Crippen LogP contribution in [0.1, 0.15) is 12.8 Å². The predicted octanol–water partition coefficient (Wildman–Crippen LogP) is 0.546. The molecule has 2 aliphatic rings. The SMILES string of the molecule is CNC1C[C@@H]2CN(C)C[C@@H]2C1. The van der Waals surface area contributed by atoms with E-state index in [1.165, 1.54) is 25.9 Å². The molecule has 2 fully saturated rings. The zero-order chi connectivity index (χ0) is 7.84. The van der Waals surface area contributed by atoms with Crippen molar-refractivity contribution >= 4 is 0 Å². The van der Waals surface area contributed by atoms with E-state index >= 15 is 0 Å². The summed E-state index contributed by atoms with van der Waals surface area (Å²) < 4.78 is 0. The van der Waals surface area contributed by atoms with Gasteiger partial charge in [-0.2, -0.15) is 0 Å². The van der Waals surface area contributed by atoms with Crippen molar-refractivity contribution in [2.45, 2.75) is 18.9 Å². The molecule has 2 rings (SSSR count). The Labute approximate surface area is 69.0 Å². The summed E-state index contributed by atoms with van der Waals surface area (Å²) in [6, 6.07) is 0.818. The van der Waals surface area contributed by atoms with Crippen molar-refractivity contribution in [2.75, 3.05) is 27.2 Å². The van der Waals surface area contributed by atoms with Crippen LogP contribution in [0.3, 0.4) is 0 Å². The number of fused-ring (bicyclic) bond motifs is 1. The van der Waals surface area contributed by atoms with Crippen LogP contribution in [0.15, 0.2) is 0 Å². The monoisotopic (exact) mass is 154 g/mol. The molecule has 1 N–H and O–H groups in total. The van der Waals surface area contributed by atoms with Gasteiger partial charge in [0, 0.05) is 19.1 Å². The summed E-state index contributed by atoms with van der Waals surface area (Å²) in [5, 5.41) is 3.39. The molecule has 0 radical (unpaired) electrons. The molecule has 1 heterocycles. The van der Waals surface area contributed by atoms with Gasteiger partial charge in [-0.1, -0.05) is 0 Å². The molecular formula is C9H18N2. The van der Waals surface area contributed by atoms with E-state index in [9.17, 15) is 0 Å². The predicted molar refractivity (Wildman–Crippen MR) is 46.6 cm³/mol. The maximum atomic E-state index is 3.39. The Hall–Kier alpha value is -0.0800. The highest BCUT2D eigenvalue weighted by Crippen LogP contribution is 2.37. The summed E-state index contributed by atoms with van der Waals surface area (Å²) in [7, 11) is 4.34. The molecule has 1 saturated heterocycles. The second kappa shape index (κ2) is 2.76. The number of hydrogen-bond donors (Lipinski definition) is 1. The fourth-order valence-electron chi connectivity index (χ4n) is 2.77. The number of nitrogens with zero attached hydrogens (tertiary/aromatic N) is 1. The summed E-state index contributed by atoms with van der Waals surface area (Å²) >= 11 is 0. The molecule has 2 nitrogen and oxygen atoms in total. The highest BCUT2D eigenvalue weighted by molar-refractivity contribution is 4.93. The highest BCUT2D eigenvalue weighted by atomic mass is 15.1. The molecule has 1 saturated carbocycles. The van der Waals surface area contributed by atoms with Gasteiger partial charge in [-0.3, -0.25) is 0 Å². The van der Waals surface area contributed by atoms with Crippen molar-refractivity contribution in [2.24, 2.45) is 11.8 Å². The van der Waals surface area contributed by atoms with Crippen molar-refractivity contribution in [3.63, 3.8) is 0 Å². The maximum absolute atomic E-state index is 3.39. The quantitative estimate of drug-likeness (QED) is 0.593. The first-order valence-electron chi connectivity index (χ1n) is 4.65.